The standard InChI is InChI=1S/C15H19FN2O4/c1-18-12(19)9-22-14(15(20)17-6-7-21-2)13(18)10-4-3-5-11(16)8-10/h3-5,8,13-14H,6-7,9H2,1-2H3,(H,17,20)/t13-,14+/m0/s1. The predicted molar refractivity (Wildman–Crippen MR) is 76.5 cm³/mol. The molecule has 22 heavy (non-hydrogen) atoms. The van der Waals surface area contributed by atoms with Gasteiger partial charge in [0, 0.05) is 20.7 Å². The van der Waals surface area contributed by atoms with E-state index in [-0.39, 0.29) is 18.4 Å². The highest BCUT2D eigenvalue weighted by molar-refractivity contribution is 5.86. The Bertz CT molecular complexity index is 552. The average molecular weight is 310 g/mol. The molecule has 1 heterocycles. The summed E-state index contributed by atoms with van der Waals surface area (Å²) >= 11 is 0. The Morgan fingerprint density at radius 1 is 1.55 bits per heavy atom. The lowest BCUT2D eigenvalue weighted by Gasteiger charge is -2.38. The van der Waals surface area contributed by atoms with Gasteiger partial charge >= 0.3 is 0 Å². The van der Waals surface area contributed by atoms with E-state index in [2.05, 4.69) is 5.32 Å². The van der Waals surface area contributed by atoms with Gasteiger partial charge in [0.1, 0.15) is 12.4 Å². The summed E-state index contributed by atoms with van der Waals surface area (Å²) in [6, 6.07) is 5.15. The van der Waals surface area contributed by atoms with Gasteiger partial charge in [-0.2, -0.15) is 0 Å². The molecule has 1 aliphatic rings. The smallest absolute Gasteiger partial charge is 0.251 e. The summed E-state index contributed by atoms with van der Waals surface area (Å²) in [6.07, 6.45) is -0.888. The molecule has 1 aromatic rings. The molecule has 120 valence electrons. The summed E-state index contributed by atoms with van der Waals surface area (Å²) in [5, 5.41) is 2.68. The second-order valence-corrected chi connectivity index (χ2v) is 5.02. The first-order valence-electron chi connectivity index (χ1n) is 6.94. The van der Waals surface area contributed by atoms with Gasteiger partial charge in [0.05, 0.1) is 12.6 Å². The molecule has 7 heteroatoms. The lowest BCUT2D eigenvalue weighted by Crippen LogP contribution is -2.53. The molecule has 1 aliphatic heterocycles. The number of nitrogens with zero attached hydrogens (tertiary/aromatic N) is 1. The zero-order valence-corrected chi connectivity index (χ0v) is 12.5. The molecule has 2 atom stereocenters. The number of likely N-dealkylation sites (N-methyl/N-ethyl adjacent to an activating group) is 1. The van der Waals surface area contributed by atoms with Gasteiger partial charge in [-0.05, 0) is 17.7 Å². The minimum absolute atomic E-state index is 0.176. The first-order valence-corrected chi connectivity index (χ1v) is 6.94. The minimum Gasteiger partial charge on any atom is -0.383 e. The Morgan fingerprint density at radius 3 is 3.00 bits per heavy atom. The third-order valence-corrected chi connectivity index (χ3v) is 3.54. The van der Waals surface area contributed by atoms with Crippen molar-refractivity contribution < 1.29 is 23.5 Å². The fraction of sp³-hybridized carbons (Fsp3) is 0.467. The zero-order chi connectivity index (χ0) is 16.1. The maximum Gasteiger partial charge on any atom is 0.251 e. The lowest BCUT2D eigenvalue weighted by atomic mass is 9.97. The third-order valence-electron chi connectivity index (χ3n) is 3.54. The molecule has 0 unspecified atom stereocenters. The molecule has 1 fully saturated rings. The number of amides is 2. The van der Waals surface area contributed by atoms with Crippen molar-refractivity contribution in [3.05, 3.63) is 35.6 Å². The van der Waals surface area contributed by atoms with E-state index in [4.69, 9.17) is 9.47 Å². The minimum atomic E-state index is -0.888. The monoisotopic (exact) mass is 310 g/mol. The van der Waals surface area contributed by atoms with E-state index in [0.29, 0.717) is 18.7 Å². The molecule has 0 spiro atoms. The summed E-state index contributed by atoms with van der Waals surface area (Å²) in [4.78, 5) is 25.5. The van der Waals surface area contributed by atoms with Gasteiger partial charge in [-0.3, -0.25) is 9.59 Å². The number of hydrogen-bond donors (Lipinski definition) is 1. The first kappa shape index (κ1) is 16.4. The van der Waals surface area contributed by atoms with Crippen LogP contribution in [0.25, 0.3) is 0 Å². The maximum atomic E-state index is 13.5. The highest BCUT2D eigenvalue weighted by Gasteiger charge is 2.39. The van der Waals surface area contributed by atoms with Crippen molar-refractivity contribution in [1.82, 2.24) is 10.2 Å². The topological polar surface area (TPSA) is 67.9 Å². The van der Waals surface area contributed by atoms with Gasteiger partial charge in [0.25, 0.3) is 5.91 Å². The number of rotatable bonds is 5. The van der Waals surface area contributed by atoms with Gasteiger partial charge in [-0.15, -0.1) is 0 Å². The van der Waals surface area contributed by atoms with Crippen LogP contribution in [0.4, 0.5) is 4.39 Å². The van der Waals surface area contributed by atoms with Crippen molar-refractivity contribution >= 4 is 11.8 Å². The molecular formula is C15H19FN2O4. The number of ether oxygens (including phenoxy) is 2. The number of halogens is 1. The van der Waals surface area contributed by atoms with Gasteiger partial charge < -0.3 is 19.7 Å². The van der Waals surface area contributed by atoms with Crippen LogP contribution in [-0.2, 0) is 19.1 Å². The van der Waals surface area contributed by atoms with E-state index in [1.165, 1.54) is 30.2 Å². The molecule has 1 saturated heterocycles. The summed E-state index contributed by atoms with van der Waals surface area (Å²) in [7, 11) is 3.11. The second kappa shape index (κ2) is 7.33. The SMILES string of the molecule is COCCNC(=O)[C@@H]1OCC(=O)N(C)[C@H]1c1cccc(F)c1. The van der Waals surface area contributed by atoms with Crippen molar-refractivity contribution in [2.24, 2.45) is 0 Å². The predicted octanol–water partition coefficient (Wildman–Crippen LogP) is 0.487. The van der Waals surface area contributed by atoms with Crippen molar-refractivity contribution in [1.29, 1.82) is 0 Å². The van der Waals surface area contributed by atoms with Crippen LogP contribution in [0.1, 0.15) is 11.6 Å². The first-order chi connectivity index (χ1) is 10.5. The van der Waals surface area contributed by atoms with E-state index >= 15 is 0 Å². The Kier molecular flexibility index (Phi) is 5.46. The van der Waals surface area contributed by atoms with E-state index in [9.17, 15) is 14.0 Å². The van der Waals surface area contributed by atoms with Crippen molar-refractivity contribution in [3.63, 3.8) is 0 Å². The van der Waals surface area contributed by atoms with E-state index < -0.39 is 18.0 Å². The molecule has 1 N–H and O–H groups in total. The fourth-order valence-corrected chi connectivity index (χ4v) is 2.40. The number of carbonyl (C=O) groups excluding carboxylic acids is 2. The number of morpholine rings is 1. The molecule has 0 bridgehead atoms. The zero-order valence-electron chi connectivity index (χ0n) is 12.5. The average Bonchev–Trinajstić information content (AvgIpc) is 2.50. The van der Waals surface area contributed by atoms with Crippen LogP contribution >= 0.6 is 0 Å². The van der Waals surface area contributed by atoms with Crippen LogP contribution in [0.3, 0.4) is 0 Å². The van der Waals surface area contributed by atoms with E-state index in [1.54, 1.807) is 13.1 Å². The normalized spacial score (nSPS) is 21.8. The van der Waals surface area contributed by atoms with E-state index in [1.807, 2.05) is 0 Å². The Balaban J connectivity index is 2.22. The van der Waals surface area contributed by atoms with Crippen molar-refractivity contribution in [2.75, 3.05) is 33.9 Å². The second-order valence-electron chi connectivity index (χ2n) is 5.02. The fourth-order valence-electron chi connectivity index (χ4n) is 2.40. The Labute approximate surface area is 128 Å². The summed E-state index contributed by atoms with van der Waals surface area (Å²) in [5.74, 6) is -1.04. The highest BCUT2D eigenvalue weighted by atomic mass is 19.1. The molecule has 2 rings (SSSR count). The van der Waals surface area contributed by atoms with E-state index in [0.717, 1.165) is 0 Å². The van der Waals surface area contributed by atoms with Crippen molar-refractivity contribution in [3.8, 4) is 0 Å². The lowest BCUT2D eigenvalue weighted by molar-refractivity contribution is -0.162. The molecule has 2 amide bonds. The van der Waals surface area contributed by atoms with Crippen molar-refractivity contribution in [2.45, 2.75) is 12.1 Å². The van der Waals surface area contributed by atoms with Crippen LogP contribution in [-0.4, -0.2) is 56.7 Å². The summed E-state index contributed by atoms with van der Waals surface area (Å²) < 4.78 is 23.7. The number of methoxy groups -OCH3 is 1. The molecule has 0 aromatic heterocycles. The summed E-state index contributed by atoms with van der Waals surface area (Å²) in [6.45, 7) is 0.533. The van der Waals surface area contributed by atoms with Gasteiger partial charge in [0.15, 0.2) is 6.10 Å². The molecule has 1 aromatic carbocycles. The van der Waals surface area contributed by atoms with Gasteiger partial charge in [-0.25, -0.2) is 4.39 Å². The Morgan fingerprint density at radius 2 is 2.32 bits per heavy atom. The molecule has 6 nitrogen and oxygen atoms in total. The maximum absolute atomic E-state index is 13.5. The molecule has 0 aliphatic carbocycles. The van der Waals surface area contributed by atoms with Gasteiger partial charge in [-0.1, -0.05) is 12.1 Å². The van der Waals surface area contributed by atoms with Crippen LogP contribution < -0.4 is 5.32 Å². The largest absolute Gasteiger partial charge is 0.383 e. The van der Waals surface area contributed by atoms with Crippen LogP contribution in [0.2, 0.25) is 0 Å². The highest BCUT2D eigenvalue weighted by Crippen LogP contribution is 2.29. The number of carbonyl (C=O) groups is 2. The molecule has 0 saturated carbocycles. The summed E-state index contributed by atoms with van der Waals surface area (Å²) in [5.41, 5.74) is 0.516. The molecule has 0 radical (unpaired) electrons. The molecular weight excluding hydrogens is 291 g/mol. The third kappa shape index (κ3) is 3.61. The van der Waals surface area contributed by atoms with Crippen LogP contribution in [0.5, 0.6) is 0 Å². The number of benzene rings is 1. The van der Waals surface area contributed by atoms with Crippen LogP contribution in [0.15, 0.2) is 24.3 Å². The van der Waals surface area contributed by atoms with Crippen LogP contribution in [0, 0.1) is 5.82 Å². The number of nitrogens with one attached hydrogen (secondary N) is 1. The van der Waals surface area contributed by atoms with Gasteiger partial charge in [0.2, 0.25) is 5.91 Å². The quantitative estimate of drug-likeness (QED) is 0.804. The number of hydrogen-bond acceptors (Lipinski definition) is 4. The Hall–Kier alpha value is -1.99.